The molecule has 0 saturated heterocycles. The third-order valence-corrected chi connectivity index (χ3v) is 3.13. The second-order valence-electron chi connectivity index (χ2n) is 4.85. The van der Waals surface area contributed by atoms with Crippen LogP contribution in [0.25, 0.3) is 0 Å². The third-order valence-electron chi connectivity index (χ3n) is 3.13. The lowest BCUT2D eigenvalue weighted by molar-refractivity contribution is -0.122. The summed E-state index contributed by atoms with van der Waals surface area (Å²) in [7, 11) is 0. The fourth-order valence-corrected chi connectivity index (χ4v) is 2.02. The van der Waals surface area contributed by atoms with Crippen LogP contribution in [0.3, 0.4) is 0 Å². The van der Waals surface area contributed by atoms with Crippen molar-refractivity contribution in [2.45, 2.75) is 32.2 Å². The Balaban J connectivity index is 1.96. The van der Waals surface area contributed by atoms with Crippen molar-refractivity contribution in [2.75, 3.05) is 0 Å². The van der Waals surface area contributed by atoms with E-state index in [0.717, 1.165) is 6.07 Å². The lowest BCUT2D eigenvalue weighted by Gasteiger charge is -2.15. The minimum Gasteiger partial charge on any atom is -0.346 e. The van der Waals surface area contributed by atoms with Gasteiger partial charge in [-0.05, 0) is 24.5 Å². The molecule has 0 unspecified atom stereocenters. The van der Waals surface area contributed by atoms with E-state index in [1.54, 1.807) is 13.8 Å². The first kappa shape index (κ1) is 15.1. The highest BCUT2D eigenvalue weighted by Gasteiger charge is 2.18. The van der Waals surface area contributed by atoms with Gasteiger partial charge >= 0.3 is 0 Å². The van der Waals surface area contributed by atoms with Crippen LogP contribution in [0.4, 0.5) is 8.78 Å². The zero-order valence-corrected chi connectivity index (χ0v) is 11.6. The molecule has 0 radical (unpaired) electrons. The van der Waals surface area contributed by atoms with Crippen molar-refractivity contribution >= 4 is 5.91 Å². The maximum atomic E-state index is 13.6. The minimum absolute atomic E-state index is 0.0742. The van der Waals surface area contributed by atoms with E-state index in [9.17, 15) is 13.6 Å². The number of rotatable bonds is 5. The molecule has 1 aromatic heterocycles. The van der Waals surface area contributed by atoms with Gasteiger partial charge < -0.3 is 9.84 Å². The van der Waals surface area contributed by atoms with Gasteiger partial charge in [0.25, 0.3) is 0 Å². The number of halogens is 2. The number of nitrogens with one attached hydrogen (secondary N) is 1. The molecule has 112 valence electrons. The fraction of sp³-hybridized carbons (Fsp3) is 0.357. The lowest BCUT2D eigenvalue weighted by atomic mass is 9.96. The molecule has 5 nitrogen and oxygen atoms in total. The van der Waals surface area contributed by atoms with Crippen LogP contribution in [0.15, 0.2) is 29.1 Å². The minimum atomic E-state index is -0.651. The van der Waals surface area contributed by atoms with Crippen molar-refractivity contribution in [3.63, 3.8) is 0 Å². The number of carbonyl (C=O) groups is 1. The normalized spacial score (nSPS) is 13.7. The molecular weight excluding hydrogens is 280 g/mol. The molecule has 0 bridgehead atoms. The quantitative estimate of drug-likeness (QED) is 0.921. The van der Waals surface area contributed by atoms with Crippen molar-refractivity contribution in [1.82, 2.24) is 15.5 Å². The average molecular weight is 295 g/mol. The molecule has 0 aliphatic carbocycles. The van der Waals surface area contributed by atoms with Gasteiger partial charge in [-0.15, -0.1) is 0 Å². The molecule has 7 heteroatoms. The molecule has 0 fully saturated rings. The summed E-state index contributed by atoms with van der Waals surface area (Å²) in [5, 5.41) is 6.32. The molecule has 0 spiro atoms. The van der Waals surface area contributed by atoms with Gasteiger partial charge in [-0.2, -0.15) is 4.98 Å². The molecule has 1 N–H and O–H groups in total. The van der Waals surface area contributed by atoms with E-state index in [-0.39, 0.29) is 18.2 Å². The van der Waals surface area contributed by atoms with Crippen LogP contribution in [-0.4, -0.2) is 16.0 Å². The monoisotopic (exact) mass is 295 g/mol. The SMILES string of the molecule is C[C@H](NC(=O)C[C@H](C)c1ccc(F)cc1F)c1ncon1. The zero-order valence-electron chi connectivity index (χ0n) is 11.6. The first-order chi connectivity index (χ1) is 9.97. The lowest BCUT2D eigenvalue weighted by Crippen LogP contribution is -2.28. The van der Waals surface area contributed by atoms with Crippen LogP contribution in [0, 0.1) is 11.6 Å². The van der Waals surface area contributed by atoms with Crippen LogP contribution in [0.5, 0.6) is 0 Å². The highest BCUT2D eigenvalue weighted by molar-refractivity contribution is 5.77. The van der Waals surface area contributed by atoms with Crippen molar-refractivity contribution in [3.8, 4) is 0 Å². The molecule has 0 aliphatic heterocycles. The molecule has 1 amide bonds. The van der Waals surface area contributed by atoms with Gasteiger partial charge in [0.05, 0.1) is 6.04 Å². The summed E-state index contributed by atoms with van der Waals surface area (Å²) in [6.07, 6.45) is 1.25. The summed E-state index contributed by atoms with van der Waals surface area (Å²) in [6.45, 7) is 3.42. The van der Waals surface area contributed by atoms with Crippen LogP contribution >= 0.6 is 0 Å². The topological polar surface area (TPSA) is 68.0 Å². The van der Waals surface area contributed by atoms with Gasteiger partial charge in [0.15, 0.2) is 5.82 Å². The maximum Gasteiger partial charge on any atom is 0.221 e. The van der Waals surface area contributed by atoms with Gasteiger partial charge in [-0.25, -0.2) is 8.78 Å². The smallest absolute Gasteiger partial charge is 0.221 e. The highest BCUT2D eigenvalue weighted by Crippen LogP contribution is 2.23. The highest BCUT2D eigenvalue weighted by atomic mass is 19.1. The Labute approximate surface area is 120 Å². The van der Waals surface area contributed by atoms with Gasteiger partial charge in [0, 0.05) is 12.5 Å². The molecule has 2 rings (SSSR count). The summed E-state index contributed by atoms with van der Waals surface area (Å²) in [4.78, 5) is 15.8. The number of amides is 1. The summed E-state index contributed by atoms with van der Waals surface area (Å²) < 4.78 is 31.1. The second kappa shape index (κ2) is 6.43. The Morgan fingerprint density at radius 1 is 1.38 bits per heavy atom. The predicted octanol–water partition coefficient (Wildman–Crippen LogP) is 2.72. The number of carbonyl (C=O) groups excluding carboxylic acids is 1. The second-order valence-corrected chi connectivity index (χ2v) is 4.85. The summed E-state index contributed by atoms with van der Waals surface area (Å²) >= 11 is 0. The summed E-state index contributed by atoms with van der Waals surface area (Å²) in [6, 6.07) is 2.94. The summed E-state index contributed by atoms with van der Waals surface area (Å²) in [5.41, 5.74) is 0.304. The fourth-order valence-electron chi connectivity index (χ4n) is 2.02. The van der Waals surface area contributed by atoms with E-state index < -0.39 is 17.7 Å². The third kappa shape index (κ3) is 3.84. The molecule has 1 aromatic carbocycles. The molecule has 2 aromatic rings. The van der Waals surface area contributed by atoms with E-state index in [0.29, 0.717) is 11.4 Å². The van der Waals surface area contributed by atoms with E-state index in [2.05, 4.69) is 20.0 Å². The molecular formula is C14H15F2N3O2. The average Bonchev–Trinajstić information content (AvgIpc) is 2.91. The molecule has 0 saturated carbocycles. The first-order valence-electron chi connectivity index (χ1n) is 6.48. The largest absolute Gasteiger partial charge is 0.346 e. The molecule has 0 aliphatic rings. The number of hydrogen-bond acceptors (Lipinski definition) is 4. The number of aromatic nitrogens is 2. The Morgan fingerprint density at radius 3 is 2.76 bits per heavy atom. The predicted molar refractivity (Wildman–Crippen MR) is 70.2 cm³/mol. The van der Waals surface area contributed by atoms with Crippen molar-refractivity contribution in [1.29, 1.82) is 0 Å². The zero-order chi connectivity index (χ0) is 15.4. The molecule has 21 heavy (non-hydrogen) atoms. The van der Waals surface area contributed by atoms with E-state index in [1.807, 2.05) is 0 Å². The van der Waals surface area contributed by atoms with Crippen LogP contribution in [0.1, 0.15) is 43.6 Å². The van der Waals surface area contributed by atoms with Crippen LogP contribution < -0.4 is 5.32 Å². The van der Waals surface area contributed by atoms with E-state index in [1.165, 1.54) is 18.5 Å². The van der Waals surface area contributed by atoms with Crippen molar-refractivity contribution < 1.29 is 18.1 Å². The Kier molecular flexibility index (Phi) is 4.62. The van der Waals surface area contributed by atoms with Crippen molar-refractivity contribution in [3.05, 3.63) is 47.6 Å². The van der Waals surface area contributed by atoms with Crippen molar-refractivity contribution in [2.24, 2.45) is 0 Å². The number of hydrogen-bond donors (Lipinski definition) is 1. The molecule has 1 heterocycles. The Hall–Kier alpha value is -2.31. The van der Waals surface area contributed by atoms with E-state index in [4.69, 9.17) is 0 Å². The van der Waals surface area contributed by atoms with Gasteiger partial charge in [0.1, 0.15) is 11.6 Å². The van der Waals surface area contributed by atoms with E-state index >= 15 is 0 Å². The Bertz CT molecular complexity index is 617. The number of nitrogens with zero attached hydrogens (tertiary/aromatic N) is 2. The number of benzene rings is 1. The van der Waals surface area contributed by atoms with Crippen LogP contribution in [-0.2, 0) is 4.79 Å². The maximum absolute atomic E-state index is 13.6. The van der Waals surface area contributed by atoms with Gasteiger partial charge in [-0.1, -0.05) is 18.1 Å². The first-order valence-corrected chi connectivity index (χ1v) is 6.48. The van der Waals surface area contributed by atoms with Gasteiger partial charge in [-0.3, -0.25) is 4.79 Å². The molecule has 2 atom stereocenters. The summed E-state index contributed by atoms with van der Waals surface area (Å²) in [5.74, 6) is -1.57. The van der Waals surface area contributed by atoms with Crippen LogP contribution in [0.2, 0.25) is 0 Å². The Morgan fingerprint density at radius 2 is 2.14 bits per heavy atom. The standard InChI is InChI=1S/C14H15F2N3O2/c1-8(11-4-3-10(15)6-12(11)16)5-13(20)18-9(2)14-17-7-21-19-14/h3-4,6-9H,5H2,1-2H3,(H,18,20)/t8-,9-/m0/s1. The van der Waals surface area contributed by atoms with Gasteiger partial charge in [0.2, 0.25) is 12.3 Å².